The molecule has 0 fully saturated rings. The maximum absolute atomic E-state index is 13.6. The Morgan fingerprint density at radius 2 is 1.65 bits per heavy atom. The molecule has 0 atom stereocenters. The maximum Gasteiger partial charge on any atom is 0.255 e. The fourth-order valence-electron chi connectivity index (χ4n) is 1.48. The lowest BCUT2D eigenvalue weighted by Gasteiger charge is -2.09. The van der Waals surface area contributed by atoms with Crippen LogP contribution in [0.15, 0.2) is 39.3 Å². The van der Waals surface area contributed by atoms with Gasteiger partial charge in [0.2, 0.25) is 0 Å². The highest BCUT2D eigenvalue weighted by Gasteiger charge is 2.15. The Hall–Kier alpha value is -1.34. The summed E-state index contributed by atoms with van der Waals surface area (Å²) < 4.78 is 39.8. The lowest BCUT2D eigenvalue weighted by molar-refractivity contribution is 0.102. The monoisotopic (exact) mass is 407 g/mol. The number of benzene rings is 2. The van der Waals surface area contributed by atoms with Crippen LogP contribution in [0.5, 0.6) is 0 Å². The predicted molar refractivity (Wildman–Crippen MR) is 76.1 cm³/mol. The van der Waals surface area contributed by atoms with Crippen molar-refractivity contribution in [2.75, 3.05) is 5.32 Å². The number of nitrogens with one attached hydrogen (secondary N) is 1. The van der Waals surface area contributed by atoms with Gasteiger partial charge in [0.05, 0.1) is 10.2 Å². The molecule has 0 saturated carbocycles. The molecule has 0 aliphatic heterocycles. The van der Waals surface area contributed by atoms with E-state index in [2.05, 4.69) is 37.2 Å². The van der Waals surface area contributed by atoms with Crippen molar-refractivity contribution in [1.29, 1.82) is 0 Å². The number of halogens is 5. The number of hydrogen-bond donors (Lipinski definition) is 1. The van der Waals surface area contributed by atoms with Crippen molar-refractivity contribution in [3.63, 3.8) is 0 Å². The van der Waals surface area contributed by atoms with E-state index in [-0.39, 0.29) is 20.2 Å². The fraction of sp³-hybridized carbons (Fsp3) is 0. The topological polar surface area (TPSA) is 29.1 Å². The molecule has 7 heteroatoms. The number of carbonyl (C=O) groups excluding carboxylic acids is 1. The maximum atomic E-state index is 13.6. The second-order valence-corrected chi connectivity index (χ2v) is 5.54. The molecular formula is C13H6Br2F3NO. The van der Waals surface area contributed by atoms with Crippen molar-refractivity contribution >= 4 is 43.5 Å². The number of hydrogen-bond acceptors (Lipinski definition) is 1. The molecule has 0 radical (unpaired) electrons. The summed E-state index contributed by atoms with van der Waals surface area (Å²) in [4.78, 5) is 11.9. The average molecular weight is 409 g/mol. The van der Waals surface area contributed by atoms with Gasteiger partial charge in [0.1, 0.15) is 11.6 Å². The van der Waals surface area contributed by atoms with Gasteiger partial charge >= 0.3 is 0 Å². The predicted octanol–water partition coefficient (Wildman–Crippen LogP) is 4.88. The van der Waals surface area contributed by atoms with Crippen LogP contribution in [0.2, 0.25) is 0 Å². The van der Waals surface area contributed by atoms with Gasteiger partial charge in [-0.2, -0.15) is 0 Å². The Balaban J connectivity index is 2.30. The van der Waals surface area contributed by atoms with Crippen molar-refractivity contribution in [3.8, 4) is 0 Å². The summed E-state index contributed by atoms with van der Waals surface area (Å²) in [5.74, 6) is -2.84. The third-order valence-electron chi connectivity index (χ3n) is 2.43. The smallest absolute Gasteiger partial charge is 0.255 e. The highest BCUT2D eigenvalue weighted by Crippen LogP contribution is 2.27. The molecular weight excluding hydrogens is 403 g/mol. The van der Waals surface area contributed by atoms with Crippen LogP contribution in [0.1, 0.15) is 10.4 Å². The average Bonchev–Trinajstić information content (AvgIpc) is 2.36. The highest BCUT2D eigenvalue weighted by molar-refractivity contribution is 9.10. The summed E-state index contributed by atoms with van der Waals surface area (Å²) in [7, 11) is 0. The zero-order valence-corrected chi connectivity index (χ0v) is 12.9. The van der Waals surface area contributed by atoms with E-state index in [0.29, 0.717) is 6.07 Å². The van der Waals surface area contributed by atoms with Crippen molar-refractivity contribution < 1.29 is 18.0 Å². The summed E-state index contributed by atoms with van der Waals surface area (Å²) in [6.45, 7) is 0. The van der Waals surface area contributed by atoms with Crippen molar-refractivity contribution in [2.24, 2.45) is 0 Å². The van der Waals surface area contributed by atoms with Gasteiger partial charge in [0, 0.05) is 16.1 Å². The minimum Gasteiger partial charge on any atom is -0.319 e. The molecule has 2 aromatic rings. The van der Waals surface area contributed by atoms with Crippen molar-refractivity contribution in [2.45, 2.75) is 0 Å². The van der Waals surface area contributed by atoms with Crippen LogP contribution in [-0.2, 0) is 0 Å². The molecule has 20 heavy (non-hydrogen) atoms. The molecule has 0 saturated heterocycles. The molecule has 2 nitrogen and oxygen atoms in total. The highest BCUT2D eigenvalue weighted by atomic mass is 79.9. The van der Waals surface area contributed by atoms with Crippen LogP contribution in [0, 0.1) is 17.5 Å². The van der Waals surface area contributed by atoms with Gasteiger partial charge < -0.3 is 5.32 Å². The lowest BCUT2D eigenvalue weighted by Crippen LogP contribution is -2.14. The molecule has 0 aliphatic rings. The molecule has 0 spiro atoms. The summed E-state index contributed by atoms with van der Waals surface area (Å²) in [5.41, 5.74) is -0.0502. The normalized spacial score (nSPS) is 10.4. The number of rotatable bonds is 2. The van der Waals surface area contributed by atoms with E-state index < -0.39 is 23.4 Å². The summed E-state index contributed by atoms with van der Waals surface area (Å²) in [5, 5.41) is 2.30. The van der Waals surface area contributed by atoms with Gasteiger partial charge in [-0.15, -0.1) is 0 Å². The van der Waals surface area contributed by atoms with Gasteiger partial charge in [-0.25, -0.2) is 13.2 Å². The molecule has 2 rings (SSSR count). The van der Waals surface area contributed by atoms with Gasteiger partial charge in [0.25, 0.3) is 5.91 Å². The first-order chi connectivity index (χ1) is 9.38. The van der Waals surface area contributed by atoms with E-state index in [9.17, 15) is 18.0 Å². The van der Waals surface area contributed by atoms with Crippen molar-refractivity contribution in [1.82, 2.24) is 0 Å². The molecule has 0 heterocycles. The Kier molecular flexibility index (Phi) is 4.49. The van der Waals surface area contributed by atoms with E-state index in [1.807, 2.05) is 0 Å². The SMILES string of the molecule is O=C(Nc1c(F)cc(F)cc1Br)c1ccc(F)c(Br)c1. The second-order valence-electron chi connectivity index (χ2n) is 3.83. The minimum absolute atomic E-state index is 0.0736. The molecule has 0 bridgehead atoms. The number of anilines is 1. The molecule has 104 valence electrons. The lowest BCUT2D eigenvalue weighted by atomic mass is 10.2. The van der Waals surface area contributed by atoms with E-state index >= 15 is 0 Å². The number of carbonyl (C=O) groups is 1. The quantitative estimate of drug-likeness (QED) is 0.753. The van der Waals surface area contributed by atoms with E-state index in [4.69, 9.17) is 0 Å². The standard InChI is InChI=1S/C13H6Br2F3NO/c14-8-3-6(1-2-10(8)17)13(20)19-12-9(15)4-7(16)5-11(12)18/h1-5H,(H,19,20). The van der Waals surface area contributed by atoms with E-state index in [1.54, 1.807) is 0 Å². The van der Waals surface area contributed by atoms with E-state index in [1.165, 1.54) is 12.1 Å². The van der Waals surface area contributed by atoms with E-state index in [0.717, 1.165) is 12.1 Å². The summed E-state index contributed by atoms with van der Waals surface area (Å²) >= 11 is 5.91. The minimum atomic E-state index is -0.911. The Labute approximate surface area is 129 Å². The Morgan fingerprint density at radius 1 is 0.950 bits per heavy atom. The van der Waals surface area contributed by atoms with Gasteiger partial charge in [-0.05, 0) is 56.1 Å². The van der Waals surface area contributed by atoms with Crippen LogP contribution in [0.25, 0.3) is 0 Å². The Morgan fingerprint density at radius 3 is 2.25 bits per heavy atom. The first-order valence-electron chi connectivity index (χ1n) is 5.29. The zero-order chi connectivity index (χ0) is 14.9. The molecule has 2 aromatic carbocycles. The van der Waals surface area contributed by atoms with Crippen LogP contribution < -0.4 is 5.32 Å². The molecule has 1 N–H and O–H groups in total. The van der Waals surface area contributed by atoms with Gasteiger partial charge in [0.15, 0.2) is 5.82 Å². The van der Waals surface area contributed by atoms with Crippen LogP contribution in [-0.4, -0.2) is 5.91 Å². The van der Waals surface area contributed by atoms with Crippen LogP contribution in [0.3, 0.4) is 0 Å². The molecule has 0 unspecified atom stereocenters. The Bertz CT molecular complexity index is 668. The van der Waals surface area contributed by atoms with Crippen LogP contribution in [0.4, 0.5) is 18.9 Å². The van der Waals surface area contributed by atoms with Gasteiger partial charge in [-0.3, -0.25) is 4.79 Å². The third-order valence-corrected chi connectivity index (χ3v) is 3.66. The summed E-state index contributed by atoms with van der Waals surface area (Å²) in [6, 6.07) is 5.31. The first kappa shape index (κ1) is 15.1. The number of amides is 1. The van der Waals surface area contributed by atoms with Crippen LogP contribution >= 0.6 is 31.9 Å². The fourth-order valence-corrected chi connectivity index (χ4v) is 2.37. The molecule has 1 amide bonds. The molecule has 0 aliphatic carbocycles. The van der Waals surface area contributed by atoms with Gasteiger partial charge in [-0.1, -0.05) is 0 Å². The second kappa shape index (κ2) is 5.97. The van der Waals surface area contributed by atoms with Crippen molar-refractivity contribution in [3.05, 3.63) is 62.3 Å². The summed E-state index contributed by atoms with van der Waals surface area (Å²) in [6.07, 6.45) is 0. The third kappa shape index (κ3) is 3.21. The zero-order valence-electron chi connectivity index (χ0n) is 9.68. The largest absolute Gasteiger partial charge is 0.319 e. The molecule has 0 aromatic heterocycles. The first-order valence-corrected chi connectivity index (χ1v) is 6.88.